The highest BCUT2D eigenvalue weighted by molar-refractivity contribution is 5.72. The molecule has 0 saturated carbocycles. The summed E-state index contributed by atoms with van der Waals surface area (Å²) in [4.78, 5) is 0. The Morgan fingerprint density at radius 3 is 2.94 bits per heavy atom. The molecule has 0 amide bonds. The van der Waals surface area contributed by atoms with E-state index in [2.05, 4.69) is 11.2 Å². The molecule has 1 aromatic heterocycles. The van der Waals surface area contributed by atoms with E-state index in [0.717, 1.165) is 29.8 Å². The van der Waals surface area contributed by atoms with Gasteiger partial charge in [-0.05, 0) is 36.5 Å². The zero-order valence-corrected chi connectivity index (χ0v) is 9.69. The van der Waals surface area contributed by atoms with E-state index >= 15 is 0 Å². The number of methoxy groups -OCH3 is 1. The lowest BCUT2D eigenvalue weighted by Crippen LogP contribution is -1.94. The zero-order valence-electron chi connectivity index (χ0n) is 9.69. The van der Waals surface area contributed by atoms with Crippen LogP contribution in [-0.4, -0.2) is 12.3 Å². The molecule has 0 radical (unpaired) electrons. The molecule has 2 aromatic rings. The first-order valence-electron chi connectivity index (χ1n) is 5.71. The highest BCUT2D eigenvalue weighted by Gasteiger charge is 2.20. The number of aromatic nitrogens is 1. The largest absolute Gasteiger partial charge is 0.496 e. The van der Waals surface area contributed by atoms with E-state index in [1.165, 1.54) is 17.5 Å². The molecule has 3 rings (SSSR count). The molecule has 4 heteroatoms. The molecule has 2 N–H and O–H groups in total. The molecule has 0 aliphatic heterocycles. The van der Waals surface area contributed by atoms with Gasteiger partial charge in [-0.15, -0.1) is 0 Å². The van der Waals surface area contributed by atoms with Gasteiger partial charge in [-0.2, -0.15) is 0 Å². The van der Waals surface area contributed by atoms with Crippen LogP contribution in [0.4, 0.5) is 5.88 Å². The first kappa shape index (κ1) is 10.2. The van der Waals surface area contributed by atoms with Crippen LogP contribution in [-0.2, 0) is 12.8 Å². The zero-order chi connectivity index (χ0) is 11.8. The Balaban J connectivity index is 2.17. The van der Waals surface area contributed by atoms with Crippen molar-refractivity contribution >= 4 is 5.88 Å². The fourth-order valence-electron chi connectivity index (χ4n) is 2.48. The summed E-state index contributed by atoms with van der Waals surface area (Å²) in [6.45, 7) is 0. The fraction of sp³-hybridized carbons (Fsp3) is 0.308. The van der Waals surface area contributed by atoms with Crippen LogP contribution in [0, 0.1) is 0 Å². The Hall–Kier alpha value is -1.97. The maximum atomic E-state index is 5.55. The van der Waals surface area contributed by atoms with Crippen LogP contribution in [0.3, 0.4) is 0 Å². The Morgan fingerprint density at radius 2 is 2.24 bits per heavy atom. The molecule has 17 heavy (non-hydrogen) atoms. The summed E-state index contributed by atoms with van der Waals surface area (Å²) in [5.41, 5.74) is 9.91. The number of ether oxygens (including phenoxy) is 1. The average Bonchev–Trinajstić information content (AvgIpc) is 2.95. The number of hydrogen-bond acceptors (Lipinski definition) is 4. The summed E-state index contributed by atoms with van der Waals surface area (Å²) in [5, 5.41) is 3.94. The summed E-state index contributed by atoms with van der Waals surface area (Å²) in [6, 6.07) is 5.89. The molecule has 0 fully saturated rings. The van der Waals surface area contributed by atoms with Crippen LogP contribution < -0.4 is 10.5 Å². The van der Waals surface area contributed by atoms with Crippen molar-refractivity contribution in [2.45, 2.75) is 19.3 Å². The van der Waals surface area contributed by atoms with Gasteiger partial charge < -0.3 is 15.0 Å². The van der Waals surface area contributed by atoms with Gasteiger partial charge >= 0.3 is 0 Å². The number of hydrogen-bond donors (Lipinski definition) is 1. The number of fused-ring (bicyclic) bond motifs is 1. The minimum Gasteiger partial charge on any atom is -0.496 e. The number of anilines is 1. The van der Waals surface area contributed by atoms with Crippen LogP contribution in [0.25, 0.3) is 11.3 Å². The summed E-state index contributed by atoms with van der Waals surface area (Å²) >= 11 is 0. The van der Waals surface area contributed by atoms with Crippen LogP contribution in [0.15, 0.2) is 22.7 Å². The minimum absolute atomic E-state index is 0.322. The van der Waals surface area contributed by atoms with E-state index < -0.39 is 0 Å². The van der Waals surface area contributed by atoms with Gasteiger partial charge in [0, 0.05) is 11.6 Å². The van der Waals surface area contributed by atoms with Crippen molar-refractivity contribution in [1.29, 1.82) is 0 Å². The van der Waals surface area contributed by atoms with Crippen LogP contribution in [0.5, 0.6) is 5.75 Å². The second-order valence-corrected chi connectivity index (χ2v) is 4.25. The van der Waals surface area contributed by atoms with Crippen molar-refractivity contribution in [2.75, 3.05) is 12.8 Å². The first-order valence-corrected chi connectivity index (χ1v) is 5.71. The van der Waals surface area contributed by atoms with Crippen molar-refractivity contribution in [3.05, 3.63) is 29.3 Å². The Kier molecular flexibility index (Phi) is 2.28. The maximum absolute atomic E-state index is 5.55. The van der Waals surface area contributed by atoms with E-state index in [1.807, 2.05) is 6.07 Å². The van der Waals surface area contributed by atoms with Gasteiger partial charge in [0.15, 0.2) is 0 Å². The van der Waals surface area contributed by atoms with E-state index in [9.17, 15) is 0 Å². The number of nitrogens with zero attached hydrogens (tertiary/aromatic N) is 1. The third-order valence-corrected chi connectivity index (χ3v) is 3.24. The number of nitrogen functional groups attached to an aromatic ring is 1. The minimum atomic E-state index is 0.322. The lowest BCUT2D eigenvalue weighted by atomic mass is 10.0. The summed E-state index contributed by atoms with van der Waals surface area (Å²) < 4.78 is 10.4. The maximum Gasteiger partial charge on any atom is 0.222 e. The number of nitrogens with two attached hydrogens (primary N) is 1. The second-order valence-electron chi connectivity index (χ2n) is 4.25. The second kappa shape index (κ2) is 3.80. The monoisotopic (exact) mass is 230 g/mol. The molecular weight excluding hydrogens is 216 g/mol. The predicted octanol–water partition coefficient (Wildman–Crippen LogP) is 2.42. The van der Waals surface area contributed by atoms with Crippen molar-refractivity contribution < 1.29 is 9.26 Å². The van der Waals surface area contributed by atoms with E-state index in [0.29, 0.717) is 5.88 Å². The highest BCUT2D eigenvalue weighted by atomic mass is 16.5. The average molecular weight is 230 g/mol. The standard InChI is InChI=1S/C13H14N2O2/c1-16-13-9-4-2-3-8(9)5-6-10(13)11-7-12(14)17-15-11/h5-7H,2-4,14H2,1H3. The molecule has 0 saturated heterocycles. The molecular formula is C13H14N2O2. The van der Waals surface area contributed by atoms with Crippen molar-refractivity contribution in [2.24, 2.45) is 0 Å². The van der Waals surface area contributed by atoms with Gasteiger partial charge in [0.05, 0.1) is 7.11 Å². The quantitative estimate of drug-likeness (QED) is 0.860. The van der Waals surface area contributed by atoms with Crippen LogP contribution in [0.1, 0.15) is 17.5 Å². The lowest BCUT2D eigenvalue weighted by molar-refractivity contribution is 0.410. The third kappa shape index (κ3) is 1.56. The molecule has 88 valence electrons. The molecule has 1 aliphatic rings. The molecule has 0 bridgehead atoms. The van der Waals surface area contributed by atoms with Crippen LogP contribution >= 0.6 is 0 Å². The Morgan fingerprint density at radius 1 is 1.35 bits per heavy atom. The molecule has 4 nitrogen and oxygen atoms in total. The van der Waals surface area contributed by atoms with Gasteiger partial charge in [-0.3, -0.25) is 0 Å². The fourth-order valence-corrected chi connectivity index (χ4v) is 2.48. The predicted molar refractivity (Wildman–Crippen MR) is 64.9 cm³/mol. The SMILES string of the molecule is COc1c(-c2cc(N)on2)ccc2c1CCC2. The van der Waals surface area contributed by atoms with Crippen molar-refractivity contribution in [1.82, 2.24) is 5.16 Å². The molecule has 0 spiro atoms. The smallest absolute Gasteiger partial charge is 0.222 e. The molecule has 0 atom stereocenters. The number of aryl methyl sites for hydroxylation is 1. The summed E-state index contributed by atoms with van der Waals surface area (Å²) in [6.07, 6.45) is 3.39. The normalized spacial score (nSPS) is 13.7. The van der Waals surface area contributed by atoms with Crippen molar-refractivity contribution in [3.8, 4) is 17.0 Å². The topological polar surface area (TPSA) is 61.3 Å². The lowest BCUT2D eigenvalue weighted by Gasteiger charge is -2.11. The number of rotatable bonds is 2. The summed E-state index contributed by atoms with van der Waals surface area (Å²) in [5.74, 6) is 1.23. The Labute approximate surface area is 99.4 Å². The highest BCUT2D eigenvalue weighted by Crippen LogP contribution is 2.38. The van der Waals surface area contributed by atoms with Crippen LogP contribution in [0.2, 0.25) is 0 Å². The van der Waals surface area contributed by atoms with E-state index in [1.54, 1.807) is 13.2 Å². The first-order chi connectivity index (χ1) is 8.29. The van der Waals surface area contributed by atoms with Gasteiger partial charge in [0.25, 0.3) is 0 Å². The molecule has 1 aliphatic carbocycles. The van der Waals surface area contributed by atoms with Gasteiger partial charge in [0.2, 0.25) is 5.88 Å². The van der Waals surface area contributed by atoms with Gasteiger partial charge in [-0.1, -0.05) is 11.2 Å². The van der Waals surface area contributed by atoms with Crippen molar-refractivity contribution in [3.63, 3.8) is 0 Å². The van der Waals surface area contributed by atoms with Gasteiger partial charge in [0.1, 0.15) is 11.4 Å². The molecule has 1 heterocycles. The van der Waals surface area contributed by atoms with E-state index in [-0.39, 0.29) is 0 Å². The Bertz CT molecular complexity index is 561. The van der Waals surface area contributed by atoms with Gasteiger partial charge in [-0.25, -0.2) is 0 Å². The van der Waals surface area contributed by atoms with E-state index in [4.69, 9.17) is 15.0 Å². The number of benzene rings is 1. The summed E-state index contributed by atoms with van der Waals surface area (Å²) in [7, 11) is 1.70. The molecule has 1 aromatic carbocycles. The molecule has 0 unspecified atom stereocenters. The third-order valence-electron chi connectivity index (χ3n) is 3.24.